The molecule has 0 aromatic heterocycles. The van der Waals surface area contributed by atoms with Crippen molar-refractivity contribution < 1.29 is 32.8 Å². The van der Waals surface area contributed by atoms with Crippen LogP contribution < -0.4 is 5.73 Å². The fourth-order valence-corrected chi connectivity index (χ4v) is 6.60. The number of hydrogen-bond donors (Lipinski definition) is 2. The third kappa shape index (κ3) is 39.9. The highest BCUT2D eigenvalue weighted by Crippen LogP contribution is 2.43. The van der Waals surface area contributed by atoms with Crippen molar-refractivity contribution in [2.24, 2.45) is 5.73 Å². The highest BCUT2D eigenvalue weighted by molar-refractivity contribution is 7.47. The summed E-state index contributed by atoms with van der Waals surface area (Å²) in [6.45, 7) is 4.86. The summed E-state index contributed by atoms with van der Waals surface area (Å²) < 4.78 is 33.4. The van der Waals surface area contributed by atoms with E-state index in [9.17, 15) is 14.3 Å². The standard InChI is InChI=1S/C43H82NO7P/c1-3-5-7-9-11-13-15-17-19-20-21-22-23-25-27-29-31-33-35-38-48-40-42(41-50-52(46,47)49-39-37-44)51-43(45)36-34-32-30-28-26-24-18-16-14-12-10-8-6-4-2/h10,12,16,18-20,42H,3-9,11,13-15,17,21-41,44H2,1-2H3,(H,46,47)/b12-10-,18-16-,20-19-. The van der Waals surface area contributed by atoms with Gasteiger partial charge in [0.25, 0.3) is 0 Å². The van der Waals surface area contributed by atoms with Crippen molar-refractivity contribution in [3.63, 3.8) is 0 Å². The first-order chi connectivity index (χ1) is 25.4. The van der Waals surface area contributed by atoms with Crippen molar-refractivity contribution in [3.05, 3.63) is 36.5 Å². The third-order valence-corrected chi connectivity index (χ3v) is 10.0. The number of phosphoric ester groups is 1. The van der Waals surface area contributed by atoms with Crippen LogP contribution in [0, 0.1) is 0 Å². The molecule has 0 radical (unpaired) electrons. The number of ether oxygens (including phenoxy) is 2. The number of carbonyl (C=O) groups excluding carboxylic acids is 1. The van der Waals surface area contributed by atoms with E-state index < -0.39 is 13.9 Å². The maximum absolute atomic E-state index is 12.6. The molecule has 0 bridgehead atoms. The molecule has 0 saturated carbocycles. The van der Waals surface area contributed by atoms with Crippen LogP contribution in [0.4, 0.5) is 0 Å². The SMILES string of the molecule is CCCC/C=C\C/C=C\CCCCCCCC(=O)OC(COCCCCCCCCCC/C=C\CCCCCCCCC)COP(=O)(O)OCCN. The number of nitrogens with two attached hydrogens (primary N) is 1. The summed E-state index contributed by atoms with van der Waals surface area (Å²) in [5, 5.41) is 0. The zero-order chi connectivity index (χ0) is 38.1. The summed E-state index contributed by atoms with van der Waals surface area (Å²) in [6, 6.07) is 0. The van der Waals surface area contributed by atoms with E-state index in [1.807, 2.05) is 0 Å². The lowest BCUT2D eigenvalue weighted by molar-refractivity contribution is -0.154. The van der Waals surface area contributed by atoms with E-state index in [1.165, 1.54) is 116 Å². The van der Waals surface area contributed by atoms with Gasteiger partial charge >= 0.3 is 13.8 Å². The summed E-state index contributed by atoms with van der Waals surface area (Å²) in [4.78, 5) is 22.4. The van der Waals surface area contributed by atoms with Crippen LogP contribution in [0.1, 0.15) is 194 Å². The minimum Gasteiger partial charge on any atom is -0.457 e. The maximum Gasteiger partial charge on any atom is 0.472 e. The van der Waals surface area contributed by atoms with Gasteiger partial charge in [-0.05, 0) is 64.2 Å². The Balaban J connectivity index is 4.03. The Hall–Kier alpha value is -1.28. The van der Waals surface area contributed by atoms with Crippen molar-refractivity contribution in [2.75, 3.05) is 33.0 Å². The fraction of sp³-hybridized carbons (Fsp3) is 0.837. The number of phosphoric acid groups is 1. The molecular formula is C43H82NO7P. The minimum atomic E-state index is -4.28. The number of unbranched alkanes of at least 4 members (excludes halogenated alkanes) is 22. The van der Waals surface area contributed by atoms with Gasteiger partial charge in [-0.25, -0.2) is 4.57 Å². The number of esters is 1. The van der Waals surface area contributed by atoms with Crippen LogP contribution >= 0.6 is 7.82 Å². The first-order valence-electron chi connectivity index (χ1n) is 21.5. The summed E-state index contributed by atoms with van der Waals surface area (Å²) >= 11 is 0. The van der Waals surface area contributed by atoms with Gasteiger partial charge in [0.15, 0.2) is 0 Å². The summed E-state index contributed by atoms with van der Waals surface area (Å²) in [6.07, 6.45) is 45.9. The lowest BCUT2D eigenvalue weighted by Crippen LogP contribution is -2.28. The Morgan fingerprint density at radius 1 is 0.577 bits per heavy atom. The Morgan fingerprint density at radius 3 is 1.58 bits per heavy atom. The van der Waals surface area contributed by atoms with Crippen molar-refractivity contribution in [3.8, 4) is 0 Å². The molecule has 0 amide bonds. The van der Waals surface area contributed by atoms with E-state index in [0.29, 0.717) is 13.0 Å². The first-order valence-corrected chi connectivity index (χ1v) is 23.0. The molecule has 0 rings (SSSR count). The molecule has 0 aromatic rings. The molecule has 306 valence electrons. The highest BCUT2D eigenvalue weighted by Gasteiger charge is 2.25. The van der Waals surface area contributed by atoms with E-state index in [0.717, 1.165) is 57.8 Å². The van der Waals surface area contributed by atoms with Gasteiger partial charge in [-0.2, -0.15) is 0 Å². The van der Waals surface area contributed by atoms with Crippen molar-refractivity contribution in [2.45, 2.75) is 200 Å². The lowest BCUT2D eigenvalue weighted by Gasteiger charge is -2.20. The van der Waals surface area contributed by atoms with Gasteiger partial charge in [0, 0.05) is 19.6 Å². The zero-order valence-corrected chi connectivity index (χ0v) is 34.7. The van der Waals surface area contributed by atoms with Crippen LogP contribution in [0.5, 0.6) is 0 Å². The molecule has 0 aromatic carbocycles. The number of hydrogen-bond acceptors (Lipinski definition) is 7. The molecule has 52 heavy (non-hydrogen) atoms. The number of carbonyl (C=O) groups is 1. The molecule has 0 aliphatic heterocycles. The molecule has 0 saturated heterocycles. The summed E-state index contributed by atoms with van der Waals surface area (Å²) in [5.74, 6) is -0.345. The second kappa shape index (κ2) is 40.9. The van der Waals surface area contributed by atoms with Gasteiger partial charge in [-0.15, -0.1) is 0 Å². The molecule has 0 heterocycles. The van der Waals surface area contributed by atoms with E-state index in [1.54, 1.807) is 0 Å². The highest BCUT2D eigenvalue weighted by atomic mass is 31.2. The smallest absolute Gasteiger partial charge is 0.457 e. The van der Waals surface area contributed by atoms with Crippen molar-refractivity contribution in [1.29, 1.82) is 0 Å². The minimum absolute atomic E-state index is 0.0972. The summed E-state index contributed by atoms with van der Waals surface area (Å²) in [5.41, 5.74) is 5.36. The van der Waals surface area contributed by atoms with Crippen LogP contribution in [0.15, 0.2) is 36.5 Å². The lowest BCUT2D eigenvalue weighted by atomic mass is 10.1. The summed E-state index contributed by atoms with van der Waals surface area (Å²) in [7, 11) is -4.28. The Bertz CT molecular complexity index is 895. The Morgan fingerprint density at radius 2 is 1.04 bits per heavy atom. The van der Waals surface area contributed by atoms with Gasteiger partial charge in [-0.3, -0.25) is 13.8 Å². The van der Waals surface area contributed by atoms with Gasteiger partial charge < -0.3 is 20.1 Å². The van der Waals surface area contributed by atoms with Crippen LogP contribution in [-0.4, -0.2) is 49.9 Å². The van der Waals surface area contributed by atoms with Crippen LogP contribution in [0.2, 0.25) is 0 Å². The fourth-order valence-electron chi connectivity index (χ4n) is 5.83. The van der Waals surface area contributed by atoms with Crippen LogP contribution in [-0.2, 0) is 27.9 Å². The van der Waals surface area contributed by atoms with E-state index in [-0.39, 0.29) is 32.3 Å². The molecule has 3 N–H and O–H groups in total. The first kappa shape index (κ1) is 50.7. The molecular weight excluding hydrogens is 673 g/mol. The molecule has 0 aliphatic rings. The molecule has 9 heteroatoms. The van der Waals surface area contributed by atoms with E-state index in [2.05, 4.69) is 50.3 Å². The van der Waals surface area contributed by atoms with Crippen molar-refractivity contribution in [1.82, 2.24) is 0 Å². The second-order valence-electron chi connectivity index (χ2n) is 14.2. The van der Waals surface area contributed by atoms with Crippen LogP contribution in [0.3, 0.4) is 0 Å². The predicted molar refractivity (Wildman–Crippen MR) is 220 cm³/mol. The van der Waals surface area contributed by atoms with Gasteiger partial charge in [0.2, 0.25) is 0 Å². The van der Waals surface area contributed by atoms with E-state index in [4.69, 9.17) is 24.3 Å². The molecule has 2 atom stereocenters. The third-order valence-electron chi connectivity index (χ3n) is 9.03. The maximum atomic E-state index is 12.6. The number of allylic oxidation sites excluding steroid dienone is 6. The molecule has 8 nitrogen and oxygen atoms in total. The quantitative estimate of drug-likeness (QED) is 0.0274. The predicted octanol–water partition coefficient (Wildman–Crippen LogP) is 12.6. The number of rotatable bonds is 41. The second-order valence-corrected chi connectivity index (χ2v) is 15.7. The van der Waals surface area contributed by atoms with Gasteiger partial charge in [0.1, 0.15) is 6.10 Å². The largest absolute Gasteiger partial charge is 0.472 e. The topological polar surface area (TPSA) is 117 Å². The molecule has 2 unspecified atom stereocenters. The van der Waals surface area contributed by atoms with Gasteiger partial charge in [0.05, 0.1) is 19.8 Å². The Labute approximate surface area is 320 Å². The molecule has 0 aliphatic carbocycles. The normalized spacial score (nSPS) is 13.8. The monoisotopic (exact) mass is 756 g/mol. The van der Waals surface area contributed by atoms with E-state index >= 15 is 0 Å². The zero-order valence-electron chi connectivity index (χ0n) is 33.8. The average molecular weight is 756 g/mol. The average Bonchev–Trinajstić information content (AvgIpc) is 3.13. The van der Waals surface area contributed by atoms with Crippen molar-refractivity contribution >= 4 is 13.8 Å². The van der Waals surface area contributed by atoms with Crippen LogP contribution in [0.25, 0.3) is 0 Å². The molecule has 0 spiro atoms. The molecule has 0 fully saturated rings. The van der Waals surface area contributed by atoms with Gasteiger partial charge in [-0.1, -0.05) is 159 Å². The Kier molecular flexibility index (Phi) is 39.9.